The minimum absolute atomic E-state index is 0.0471. The lowest BCUT2D eigenvalue weighted by molar-refractivity contribution is 0.134. The van der Waals surface area contributed by atoms with Crippen molar-refractivity contribution in [2.24, 2.45) is 0 Å². The van der Waals surface area contributed by atoms with Gasteiger partial charge in [0.05, 0.1) is 25.2 Å². The highest BCUT2D eigenvalue weighted by Crippen LogP contribution is 2.57. The Kier molecular flexibility index (Phi) is 4.47. The molecule has 5 rings (SSSR count). The van der Waals surface area contributed by atoms with Crippen LogP contribution in [0.2, 0.25) is 0 Å². The van der Waals surface area contributed by atoms with Crippen LogP contribution in [-0.2, 0) is 6.42 Å². The number of rotatable bonds is 3. The van der Waals surface area contributed by atoms with Gasteiger partial charge in [-0.15, -0.1) is 0 Å². The fourth-order valence-electron chi connectivity index (χ4n) is 4.62. The number of phenols is 1. The molecule has 0 amide bonds. The van der Waals surface area contributed by atoms with Gasteiger partial charge in [-0.2, -0.15) is 0 Å². The van der Waals surface area contributed by atoms with Crippen LogP contribution >= 0.6 is 0 Å². The van der Waals surface area contributed by atoms with E-state index < -0.39 is 0 Å². The molecule has 0 unspecified atom stereocenters. The zero-order valence-electron chi connectivity index (χ0n) is 18.6. The number of hydrogen-bond acceptors (Lipinski definition) is 5. The van der Waals surface area contributed by atoms with E-state index in [0.717, 1.165) is 33.8 Å². The molecule has 0 spiro atoms. The quantitative estimate of drug-likeness (QED) is 0.645. The van der Waals surface area contributed by atoms with Crippen molar-refractivity contribution < 1.29 is 24.1 Å². The summed E-state index contributed by atoms with van der Waals surface area (Å²) in [7, 11) is 1.63. The summed E-state index contributed by atoms with van der Waals surface area (Å²) in [6.45, 7) is 8.63. The largest absolute Gasteiger partial charge is 0.507 e. The molecule has 3 heterocycles. The monoisotopic (exact) mass is 420 g/mol. The van der Waals surface area contributed by atoms with Crippen LogP contribution in [0.1, 0.15) is 62.0 Å². The number of methoxy groups -OCH3 is 1. The standard InChI is InChI=1S/C26H28O5/c1-14(2)6-7-16-19(27)11-22-23(24(16)28-5)25-18(13-29-22)17-10-15-8-9-26(3,4)31-20(15)12-21(17)30-25/h6,8-12,18,25,27H,7,13H2,1-5H3/t18-,25+/m0/s1. The van der Waals surface area contributed by atoms with Crippen molar-refractivity contribution in [2.75, 3.05) is 13.7 Å². The molecule has 5 nitrogen and oxygen atoms in total. The SMILES string of the molecule is COc1c(CC=C(C)C)c(O)cc2c1[C@@H]1Oc3cc4c(cc3[C@@H]1CO2)C=CC(C)(C)O4. The van der Waals surface area contributed by atoms with Crippen LogP contribution in [0.25, 0.3) is 6.08 Å². The first-order chi connectivity index (χ1) is 14.8. The first kappa shape index (κ1) is 19.9. The van der Waals surface area contributed by atoms with Gasteiger partial charge in [0.1, 0.15) is 40.5 Å². The molecule has 2 atom stereocenters. The minimum atomic E-state index is -0.344. The Hall–Kier alpha value is -3.08. The number of aromatic hydroxyl groups is 1. The highest BCUT2D eigenvalue weighted by Gasteiger charge is 2.44. The lowest BCUT2D eigenvalue weighted by atomic mass is 9.86. The van der Waals surface area contributed by atoms with Crippen LogP contribution in [0.4, 0.5) is 0 Å². The maximum absolute atomic E-state index is 10.6. The normalized spacial score (nSPS) is 21.5. The van der Waals surface area contributed by atoms with Crippen molar-refractivity contribution in [3.63, 3.8) is 0 Å². The summed E-state index contributed by atoms with van der Waals surface area (Å²) in [5.74, 6) is 3.12. The van der Waals surface area contributed by atoms with Gasteiger partial charge >= 0.3 is 0 Å². The Bertz CT molecular complexity index is 1120. The predicted molar refractivity (Wildman–Crippen MR) is 120 cm³/mol. The zero-order chi connectivity index (χ0) is 21.9. The van der Waals surface area contributed by atoms with Gasteiger partial charge in [0.2, 0.25) is 0 Å². The third kappa shape index (κ3) is 3.23. The van der Waals surface area contributed by atoms with E-state index in [1.165, 1.54) is 5.57 Å². The van der Waals surface area contributed by atoms with E-state index in [-0.39, 0.29) is 23.4 Å². The molecule has 31 heavy (non-hydrogen) atoms. The summed E-state index contributed by atoms with van der Waals surface area (Å²) in [5.41, 5.74) is 4.61. The summed E-state index contributed by atoms with van der Waals surface area (Å²) >= 11 is 0. The fraction of sp³-hybridized carbons (Fsp3) is 0.385. The number of benzene rings is 2. The van der Waals surface area contributed by atoms with Gasteiger partial charge in [0.15, 0.2) is 0 Å². The van der Waals surface area contributed by atoms with Gasteiger partial charge in [-0.05, 0) is 46.3 Å². The Morgan fingerprint density at radius 1 is 1.19 bits per heavy atom. The summed E-state index contributed by atoms with van der Waals surface area (Å²) in [5, 5.41) is 10.6. The third-order valence-electron chi connectivity index (χ3n) is 6.18. The van der Waals surface area contributed by atoms with Gasteiger partial charge < -0.3 is 24.1 Å². The Morgan fingerprint density at radius 2 is 2.00 bits per heavy atom. The van der Waals surface area contributed by atoms with Crippen molar-refractivity contribution in [3.05, 3.63) is 58.2 Å². The van der Waals surface area contributed by atoms with E-state index in [9.17, 15) is 5.11 Å². The second kappa shape index (κ2) is 6.98. The van der Waals surface area contributed by atoms with E-state index >= 15 is 0 Å². The Morgan fingerprint density at radius 3 is 2.74 bits per heavy atom. The van der Waals surface area contributed by atoms with Crippen molar-refractivity contribution in [1.29, 1.82) is 0 Å². The summed E-state index contributed by atoms with van der Waals surface area (Å²) < 4.78 is 24.5. The molecule has 0 fully saturated rings. The van der Waals surface area contributed by atoms with E-state index in [4.69, 9.17) is 18.9 Å². The molecule has 162 valence electrons. The van der Waals surface area contributed by atoms with E-state index in [2.05, 4.69) is 24.3 Å². The first-order valence-electron chi connectivity index (χ1n) is 10.7. The van der Waals surface area contributed by atoms with Crippen LogP contribution in [0.5, 0.6) is 28.7 Å². The molecule has 5 heteroatoms. The highest BCUT2D eigenvalue weighted by atomic mass is 16.5. The average Bonchev–Trinajstić information content (AvgIpc) is 3.06. The summed E-state index contributed by atoms with van der Waals surface area (Å²) in [6.07, 6.45) is 6.61. The van der Waals surface area contributed by atoms with E-state index in [1.54, 1.807) is 13.2 Å². The molecular weight excluding hydrogens is 392 g/mol. The fourth-order valence-corrected chi connectivity index (χ4v) is 4.62. The van der Waals surface area contributed by atoms with Crippen LogP contribution in [0, 0.1) is 0 Å². The van der Waals surface area contributed by atoms with Crippen LogP contribution < -0.4 is 18.9 Å². The second-order valence-electron chi connectivity index (χ2n) is 9.23. The van der Waals surface area contributed by atoms with Crippen molar-refractivity contribution in [2.45, 2.75) is 51.7 Å². The summed E-state index contributed by atoms with van der Waals surface area (Å²) in [4.78, 5) is 0. The minimum Gasteiger partial charge on any atom is -0.507 e. The molecule has 0 bridgehead atoms. The molecule has 0 saturated carbocycles. The molecule has 0 aliphatic carbocycles. The number of fused-ring (bicyclic) bond motifs is 6. The van der Waals surface area contributed by atoms with Gasteiger partial charge in [-0.1, -0.05) is 17.7 Å². The zero-order valence-corrected chi connectivity index (χ0v) is 18.6. The van der Waals surface area contributed by atoms with Gasteiger partial charge in [0, 0.05) is 28.8 Å². The highest BCUT2D eigenvalue weighted by molar-refractivity contribution is 5.67. The first-order valence-corrected chi connectivity index (χ1v) is 10.7. The lowest BCUT2D eigenvalue weighted by Crippen LogP contribution is -2.27. The second-order valence-corrected chi connectivity index (χ2v) is 9.23. The molecule has 0 aromatic heterocycles. The van der Waals surface area contributed by atoms with E-state index in [1.807, 2.05) is 33.8 Å². The smallest absolute Gasteiger partial charge is 0.141 e. The number of ether oxygens (including phenoxy) is 4. The van der Waals surface area contributed by atoms with Gasteiger partial charge in [0.25, 0.3) is 0 Å². The van der Waals surface area contributed by atoms with Gasteiger partial charge in [-0.3, -0.25) is 0 Å². The van der Waals surface area contributed by atoms with Crippen LogP contribution in [-0.4, -0.2) is 24.4 Å². The predicted octanol–water partition coefficient (Wildman–Crippen LogP) is 5.70. The molecule has 2 aromatic carbocycles. The molecule has 1 N–H and O–H groups in total. The molecular formula is C26H28O5. The number of allylic oxidation sites excluding steroid dienone is 2. The maximum Gasteiger partial charge on any atom is 0.141 e. The Balaban J connectivity index is 1.59. The maximum atomic E-state index is 10.6. The topological polar surface area (TPSA) is 57.2 Å². The van der Waals surface area contributed by atoms with Crippen molar-refractivity contribution >= 4 is 6.08 Å². The lowest BCUT2D eigenvalue weighted by Gasteiger charge is -2.30. The third-order valence-corrected chi connectivity index (χ3v) is 6.18. The molecule has 0 saturated heterocycles. The van der Waals surface area contributed by atoms with Crippen LogP contribution in [0.15, 0.2) is 35.9 Å². The number of hydrogen-bond donors (Lipinski definition) is 1. The van der Waals surface area contributed by atoms with E-state index in [0.29, 0.717) is 24.5 Å². The summed E-state index contributed by atoms with van der Waals surface area (Å²) in [6, 6.07) is 5.82. The van der Waals surface area contributed by atoms with Crippen LogP contribution in [0.3, 0.4) is 0 Å². The molecule has 2 aromatic rings. The molecule has 3 aliphatic rings. The number of phenolic OH excluding ortho intramolecular Hbond substituents is 1. The van der Waals surface area contributed by atoms with Crippen molar-refractivity contribution in [1.82, 2.24) is 0 Å². The molecule has 3 aliphatic heterocycles. The Labute approximate surface area is 182 Å². The van der Waals surface area contributed by atoms with Gasteiger partial charge in [-0.25, -0.2) is 0 Å². The average molecular weight is 421 g/mol. The van der Waals surface area contributed by atoms with Crippen molar-refractivity contribution in [3.8, 4) is 28.7 Å². The molecule has 0 radical (unpaired) electrons.